The molecule has 0 saturated heterocycles. The average Bonchev–Trinajstić information content (AvgIpc) is 1.45. The minimum Gasteiger partial charge on any atom is -0.255 e. The summed E-state index contributed by atoms with van der Waals surface area (Å²) in [6.07, 6.45) is 15.8. The van der Waals surface area contributed by atoms with Crippen LogP contribution in [-0.2, 0) is 10.8 Å². The Morgan fingerprint density at radius 3 is 0.976 bits per heavy atom. The molecule has 6 aromatic carbocycles. The SMILES string of the molecule is C.CC1(C)c2cc3c(cc2-c2cc4c(cc21)C1C2C=CC(C2)C41)C1C2C=CC(C2)C31.Cc1c(C)c(C)c2c(c1C)C1C3CC(C4c5cc6c(cc5C34)-c3cc4c(cc3C6(C)C)C3C5CC(C(C)C5C)C43)C21.Cc1cc(Br)c(C)cc1Br.[2H]CF. The molecule has 83 heavy (non-hydrogen) atoms. The van der Waals surface area contributed by atoms with Crippen LogP contribution in [0.15, 0.2) is 93.9 Å². The lowest BCUT2D eigenvalue weighted by Crippen LogP contribution is -2.43. The van der Waals surface area contributed by atoms with Crippen LogP contribution in [0.5, 0.6) is 0 Å². The number of halogens is 3. The van der Waals surface area contributed by atoms with Crippen LogP contribution < -0.4 is 0 Å². The Hall–Kier alpha value is -4.31. The first-order chi connectivity index (χ1) is 39.7. The second-order valence-electron chi connectivity index (χ2n) is 31.0. The Balaban J connectivity index is 0.000000112. The van der Waals surface area contributed by atoms with Crippen molar-refractivity contribution >= 4 is 31.9 Å². The molecular formula is C80H85Br2F. The molecule has 0 radical (unpaired) electrons. The molecular weight excluding hydrogens is 1140 g/mol. The number of fused-ring (bicyclic) bond motifs is 44. The molecule has 0 nitrogen and oxygen atoms in total. The van der Waals surface area contributed by atoms with E-state index in [2.05, 4.69) is 200 Å². The third-order valence-electron chi connectivity index (χ3n) is 28.0. The molecule has 0 heterocycles. The van der Waals surface area contributed by atoms with Gasteiger partial charge < -0.3 is 0 Å². The lowest BCUT2D eigenvalue weighted by atomic mass is 9.48. The number of rotatable bonds is 0. The Labute approximate surface area is 514 Å². The van der Waals surface area contributed by atoms with Crippen molar-refractivity contribution in [3.63, 3.8) is 0 Å². The summed E-state index contributed by atoms with van der Waals surface area (Å²) < 4.78 is 17.8. The minimum absolute atomic E-state index is 0. The molecule has 15 aliphatic rings. The maximum absolute atomic E-state index is 9.96. The fraction of sp³-hybridized carbons (Fsp3) is 0.500. The number of alkyl halides is 1. The van der Waals surface area contributed by atoms with Crippen LogP contribution in [0.4, 0.5) is 4.39 Å². The molecule has 0 N–H and O–H groups in total. The summed E-state index contributed by atoms with van der Waals surface area (Å²) in [6.45, 7) is 28.9. The van der Waals surface area contributed by atoms with Gasteiger partial charge in [-0.15, -0.1) is 0 Å². The molecule has 21 rings (SSSR count). The normalized spacial score (nSPS) is 37.6. The summed E-state index contributed by atoms with van der Waals surface area (Å²) in [6, 6.07) is 25.7. The largest absolute Gasteiger partial charge is 0.255 e. The van der Waals surface area contributed by atoms with E-state index in [0.717, 1.165) is 118 Å². The maximum Gasteiger partial charge on any atom is 0.0785 e. The number of hydrogen-bond donors (Lipinski definition) is 0. The zero-order valence-electron chi connectivity index (χ0n) is 51.3. The Kier molecular flexibility index (Phi) is 10.7. The number of hydrogen-bond acceptors (Lipinski definition) is 0. The highest BCUT2D eigenvalue weighted by atomic mass is 79.9. The summed E-state index contributed by atoms with van der Waals surface area (Å²) in [5, 5.41) is 0. The summed E-state index contributed by atoms with van der Waals surface area (Å²) in [7, 11) is -1.00. The molecule has 6 aromatic rings. The van der Waals surface area contributed by atoms with E-state index < -0.39 is 7.15 Å². The number of aryl methyl sites for hydroxylation is 2. The monoisotopic (exact) mass is 1220 g/mol. The van der Waals surface area contributed by atoms with Gasteiger partial charge in [0, 0.05) is 19.8 Å². The molecule has 0 aliphatic heterocycles. The van der Waals surface area contributed by atoms with Gasteiger partial charge in [0.15, 0.2) is 0 Å². The molecule has 8 bridgehead atoms. The van der Waals surface area contributed by atoms with Gasteiger partial charge in [-0.25, -0.2) is 0 Å². The van der Waals surface area contributed by atoms with E-state index >= 15 is 0 Å². The van der Waals surface area contributed by atoms with Crippen molar-refractivity contribution in [1.82, 2.24) is 0 Å². The molecule has 0 aromatic heterocycles. The molecule has 20 atom stereocenters. The standard InChI is InChI=1S/C41H44.C29H26.C8H8Br2.CH3F.CH4/c1-15-16(2)20(6)34-33(19(15)5)39-29-12-30(40(34)39)38-28-14-32-24(11-26(28)37(29)38)23-10-25-27(13-31(23)41(32,7)8)36-22-9-21(35(25)36)17(3)18(22)4;1-29(2)23-11-21-19(25-13-3-5-15(7-13)27(21)25)9-17(23)18-10-20-22(12-24(18)29)28-16-6-4-14(8-16)26(20)28;1-5-3-8(10)6(2)4-7(5)9;1-2;/h10-11,13-14,17-18,21-22,29-30,35-40H,9,12H2,1-8H3;3-6,9-16,25-28H,7-8H2,1-2H3;3-4H,1-2H3;1H3;1H4/i;;;1D;. The maximum atomic E-state index is 9.96. The third kappa shape index (κ3) is 6.12. The number of allylic oxidation sites excluding steroid dienone is 4. The van der Waals surface area contributed by atoms with Crippen molar-refractivity contribution in [2.45, 2.75) is 186 Å². The summed E-state index contributed by atoms with van der Waals surface area (Å²) >= 11 is 6.92. The minimum atomic E-state index is -1.00. The highest BCUT2D eigenvalue weighted by molar-refractivity contribution is 9.11. The second-order valence-corrected chi connectivity index (χ2v) is 32.7. The second kappa shape index (κ2) is 17.1. The molecule has 6 fully saturated rings. The molecule has 0 spiro atoms. The third-order valence-corrected chi connectivity index (χ3v) is 29.8. The topological polar surface area (TPSA) is 0 Å². The molecule has 6 saturated carbocycles. The van der Waals surface area contributed by atoms with Crippen LogP contribution in [0.1, 0.15) is 246 Å². The van der Waals surface area contributed by atoms with Crippen molar-refractivity contribution in [1.29, 1.82) is 0 Å². The van der Waals surface area contributed by atoms with E-state index in [1.54, 1.807) is 122 Å². The van der Waals surface area contributed by atoms with E-state index in [0.29, 0.717) is 0 Å². The smallest absolute Gasteiger partial charge is 0.0785 e. The molecule has 15 aliphatic carbocycles. The Morgan fingerprint density at radius 1 is 0.386 bits per heavy atom. The lowest BCUT2D eigenvalue weighted by molar-refractivity contribution is 0.181. The van der Waals surface area contributed by atoms with Gasteiger partial charge in [0.2, 0.25) is 0 Å². The van der Waals surface area contributed by atoms with Gasteiger partial charge in [0.25, 0.3) is 0 Å². The highest BCUT2D eigenvalue weighted by Gasteiger charge is 2.69. The van der Waals surface area contributed by atoms with Crippen LogP contribution in [0.3, 0.4) is 0 Å². The molecule has 0 amide bonds. The van der Waals surface area contributed by atoms with Crippen LogP contribution in [0, 0.1) is 101 Å². The lowest BCUT2D eigenvalue weighted by Gasteiger charge is -2.55. The first-order valence-electron chi connectivity index (χ1n) is 32.9. The van der Waals surface area contributed by atoms with Gasteiger partial charge >= 0.3 is 0 Å². The van der Waals surface area contributed by atoms with Gasteiger partial charge in [-0.3, -0.25) is 4.39 Å². The van der Waals surface area contributed by atoms with E-state index in [4.69, 9.17) is 1.37 Å². The predicted molar refractivity (Wildman–Crippen MR) is 349 cm³/mol. The molecule has 426 valence electrons. The first-order valence-corrected chi connectivity index (χ1v) is 33.8. The van der Waals surface area contributed by atoms with Gasteiger partial charge in [-0.2, -0.15) is 0 Å². The number of benzene rings is 6. The van der Waals surface area contributed by atoms with E-state index in [-0.39, 0.29) is 18.3 Å². The van der Waals surface area contributed by atoms with E-state index in [9.17, 15) is 4.39 Å². The van der Waals surface area contributed by atoms with Crippen LogP contribution in [0.25, 0.3) is 22.3 Å². The fourth-order valence-electron chi connectivity index (χ4n) is 23.8. The van der Waals surface area contributed by atoms with Crippen molar-refractivity contribution in [2.24, 2.45) is 59.2 Å². The van der Waals surface area contributed by atoms with Gasteiger partial charge in [-0.1, -0.05) is 154 Å². The van der Waals surface area contributed by atoms with Crippen molar-refractivity contribution in [3.05, 3.63) is 205 Å². The van der Waals surface area contributed by atoms with Crippen LogP contribution in [-0.4, -0.2) is 7.15 Å². The first kappa shape index (κ1) is 51.9. The van der Waals surface area contributed by atoms with Crippen LogP contribution in [0.2, 0.25) is 0 Å². The fourth-order valence-corrected chi connectivity index (χ4v) is 24.7. The summed E-state index contributed by atoms with van der Waals surface area (Å²) in [5.74, 6) is 17.0. The van der Waals surface area contributed by atoms with Crippen molar-refractivity contribution in [3.8, 4) is 22.3 Å². The van der Waals surface area contributed by atoms with E-state index in [1.165, 1.54) is 45.8 Å². The summed E-state index contributed by atoms with van der Waals surface area (Å²) in [5.41, 5.74) is 39.3. The predicted octanol–water partition coefficient (Wildman–Crippen LogP) is 21.9. The zero-order chi connectivity index (χ0) is 57.0. The quantitative estimate of drug-likeness (QED) is 0.105. The zero-order valence-corrected chi connectivity index (χ0v) is 53.5. The van der Waals surface area contributed by atoms with Gasteiger partial charge in [-0.05, 0) is 331 Å². The Bertz CT molecular complexity index is 3910. The van der Waals surface area contributed by atoms with E-state index in [1.807, 2.05) is 0 Å². The van der Waals surface area contributed by atoms with Crippen LogP contribution >= 0.6 is 31.9 Å². The van der Waals surface area contributed by atoms with Gasteiger partial charge in [0.05, 0.1) is 8.52 Å². The summed E-state index contributed by atoms with van der Waals surface area (Å²) in [4.78, 5) is 0. The van der Waals surface area contributed by atoms with Crippen molar-refractivity contribution < 1.29 is 5.76 Å². The average molecular weight is 1230 g/mol. The molecule has 20 unspecified atom stereocenters. The van der Waals surface area contributed by atoms with Gasteiger partial charge in [0.1, 0.15) is 0 Å². The highest BCUT2D eigenvalue weighted by Crippen LogP contribution is 2.81. The van der Waals surface area contributed by atoms with Crippen molar-refractivity contribution in [2.75, 3.05) is 7.15 Å². The Morgan fingerprint density at radius 2 is 0.651 bits per heavy atom. The molecule has 3 heteroatoms.